The molecule has 2 rings (SSSR count). The van der Waals surface area contributed by atoms with E-state index in [0.717, 1.165) is 36.9 Å². The third-order valence-corrected chi connectivity index (χ3v) is 3.55. The van der Waals surface area contributed by atoms with Crippen molar-refractivity contribution in [1.29, 1.82) is 0 Å². The number of benzene rings is 1. The van der Waals surface area contributed by atoms with E-state index in [9.17, 15) is 0 Å². The van der Waals surface area contributed by atoms with E-state index >= 15 is 0 Å². The van der Waals surface area contributed by atoms with Gasteiger partial charge in [-0.05, 0) is 18.1 Å². The number of methoxy groups -OCH3 is 1. The lowest BCUT2D eigenvalue weighted by molar-refractivity contribution is 0.153. The molecule has 0 saturated heterocycles. The van der Waals surface area contributed by atoms with Crippen molar-refractivity contribution < 1.29 is 9.47 Å². The van der Waals surface area contributed by atoms with E-state index in [1.54, 1.807) is 7.11 Å². The van der Waals surface area contributed by atoms with Crippen LogP contribution in [0.4, 0.5) is 0 Å². The molecule has 0 aliphatic carbocycles. The number of fused-ring (bicyclic) bond motifs is 1. The minimum Gasteiger partial charge on any atom is -0.496 e. The highest BCUT2D eigenvalue weighted by molar-refractivity contribution is 7.98. The van der Waals surface area contributed by atoms with Crippen LogP contribution >= 0.6 is 11.8 Å². The summed E-state index contributed by atoms with van der Waals surface area (Å²) in [5.41, 5.74) is 2.71. The minimum absolute atomic E-state index is 0.800. The Morgan fingerprint density at radius 1 is 1.33 bits per heavy atom. The second-order valence-electron chi connectivity index (χ2n) is 3.51. The fourth-order valence-electron chi connectivity index (χ4n) is 1.80. The van der Waals surface area contributed by atoms with Crippen LogP contribution in [-0.4, -0.2) is 26.1 Å². The Balaban J connectivity index is 2.28. The molecule has 3 heteroatoms. The van der Waals surface area contributed by atoms with Crippen LogP contribution in [0.25, 0.3) is 0 Å². The van der Waals surface area contributed by atoms with Gasteiger partial charge in [0.05, 0.1) is 20.3 Å². The summed E-state index contributed by atoms with van der Waals surface area (Å²) in [5.74, 6) is 3.14. The summed E-state index contributed by atoms with van der Waals surface area (Å²) < 4.78 is 10.9. The third-order valence-electron chi connectivity index (χ3n) is 2.58. The molecule has 0 spiro atoms. The molecular weight excluding hydrogens is 208 g/mol. The van der Waals surface area contributed by atoms with E-state index < -0.39 is 0 Å². The summed E-state index contributed by atoms with van der Waals surface area (Å²) >= 11 is 1.92. The van der Waals surface area contributed by atoms with Gasteiger partial charge < -0.3 is 9.47 Å². The van der Waals surface area contributed by atoms with Crippen LogP contribution in [0.15, 0.2) is 18.2 Å². The summed E-state index contributed by atoms with van der Waals surface area (Å²) in [6.07, 6.45) is 0.958. The third kappa shape index (κ3) is 2.67. The molecule has 0 aromatic heterocycles. The SMILES string of the molecule is COc1cccc2c1CCOCCSC2. The second-order valence-corrected chi connectivity index (χ2v) is 4.62. The molecule has 1 aliphatic heterocycles. The van der Waals surface area contributed by atoms with E-state index in [1.165, 1.54) is 11.1 Å². The number of hydrogen-bond donors (Lipinski definition) is 0. The molecule has 82 valence electrons. The van der Waals surface area contributed by atoms with E-state index in [-0.39, 0.29) is 0 Å². The smallest absolute Gasteiger partial charge is 0.122 e. The van der Waals surface area contributed by atoms with Crippen molar-refractivity contribution >= 4 is 11.8 Å². The quantitative estimate of drug-likeness (QED) is 0.730. The van der Waals surface area contributed by atoms with Crippen molar-refractivity contribution in [2.24, 2.45) is 0 Å². The number of thioether (sulfide) groups is 1. The van der Waals surface area contributed by atoms with Gasteiger partial charge in [-0.2, -0.15) is 11.8 Å². The van der Waals surface area contributed by atoms with Gasteiger partial charge in [-0.25, -0.2) is 0 Å². The molecule has 0 unspecified atom stereocenters. The van der Waals surface area contributed by atoms with E-state index in [2.05, 4.69) is 12.1 Å². The topological polar surface area (TPSA) is 18.5 Å². The number of ether oxygens (including phenoxy) is 2. The van der Waals surface area contributed by atoms with Crippen molar-refractivity contribution in [2.75, 3.05) is 26.1 Å². The van der Waals surface area contributed by atoms with Gasteiger partial charge in [0.2, 0.25) is 0 Å². The summed E-state index contributed by atoms with van der Waals surface area (Å²) in [7, 11) is 1.73. The molecule has 0 atom stereocenters. The molecule has 0 saturated carbocycles. The Morgan fingerprint density at radius 2 is 2.27 bits per heavy atom. The van der Waals surface area contributed by atoms with Crippen LogP contribution in [0.3, 0.4) is 0 Å². The van der Waals surface area contributed by atoms with Crippen molar-refractivity contribution in [1.82, 2.24) is 0 Å². The predicted molar refractivity (Wildman–Crippen MR) is 63.7 cm³/mol. The summed E-state index contributed by atoms with van der Waals surface area (Å²) in [6, 6.07) is 6.29. The molecule has 1 heterocycles. The van der Waals surface area contributed by atoms with Crippen LogP contribution in [0, 0.1) is 0 Å². The van der Waals surface area contributed by atoms with Crippen LogP contribution in [0.2, 0.25) is 0 Å². The maximum Gasteiger partial charge on any atom is 0.122 e. The van der Waals surface area contributed by atoms with Gasteiger partial charge in [-0.15, -0.1) is 0 Å². The van der Waals surface area contributed by atoms with Crippen LogP contribution in [0.1, 0.15) is 11.1 Å². The molecule has 0 bridgehead atoms. The summed E-state index contributed by atoms with van der Waals surface area (Å²) in [5, 5.41) is 0. The zero-order chi connectivity index (χ0) is 10.5. The van der Waals surface area contributed by atoms with Crippen molar-refractivity contribution in [2.45, 2.75) is 12.2 Å². The summed E-state index contributed by atoms with van der Waals surface area (Å²) in [6.45, 7) is 1.66. The van der Waals surface area contributed by atoms with Gasteiger partial charge >= 0.3 is 0 Å². The molecule has 15 heavy (non-hydrogen) atoms. The van der Waals surface area contributed by atoms with Crippen LogP contribution in [-0.2, 0) is 16.9 Å². The first kappa shape index (κ1) is 10.8. The van der Waals surface area contributed by atoms with Gasteiger partial charge in [0.15, 0.2) is 0 Å². The normalized spacial score (nSPS) is 17.1. The molecule has 0 N–H and O–H groups in total. The molecule has 0 radical (unpaired) electrons. The Morgan fingerprint density at radius 3 is 3.13 bits per heavy atom. The lowest BCUT2D eigenvalue weighted by Gasteiger charge is -2.12. The highest BCUT2D eigenvalue weighted by atomic mass is 32.2. The van der Waals surface area contributed by atoms with Gasteiger partial charge in [-0.1, -0.05) is 12.1 Å². The summed E-state index contributed by atoms with van der Waals surface area (Å²) in [4.78, 5) is 0. The first-order chi connectivity index (χ1) is 7.42. The highest BCUT2D eigenvalue weighted by Gasteiger charge is 2.10. The lowest BCUT2D eigenvalue weighted by Crippen LogP contribution is -2.02. The molecule has 1 aromatic rings. The highest BCUT2D eigenvalue weighted by Crippen LogP contribution is 2.26. The molecule has 0 amide bonds. The van der Waals surface area contributed by atoms with Gasteiger partial charge in [-0.3, -0.25) is 0 Å². The predicted octanol–water partition coefficient (Wildman–Crippen LogP) is 2.50. The average Bonchev–Trinajstić information content (AvgIpc) is 2.39. The first-order valence-electron chi connectivity index (χ1n) is 5.22. The van der Waals surface area contributed by atoms with E-state index in [4.69, 9.17) is 9.47 Å². The Hall–Kier alpha value is -0.670. The van der Waals surface area contributed by atoms with Crippen LogP contribution in [0.5, 0.6) is 5.75 Å². The van der Waals surface area contributed by atoms with E-state index in [1.807, 2.05) is 17.8 Å². The first-order valence-corrected chi connectivity index (χ1v) is 6.37. The number of hydrogen-bond acceptors (Lipinski definition) is 3. The maximum absolute atomic E-state index is 5.53. The maximum atomic E-state index is 5.53. The second kappa shape index (κ2) is 5.42. The van der Waals surface area contributed by atoms with Gasteiger partial charge in [0.25, 0.3) is 0 Å². The van der Waals surface area contributed by atoms with Crippen molar-refractivity contribution in [3.05, 3.63) is 29.3 Å². The Bertz CT molecular complexity index is 325. The largest absolute Gasteiger partial charge is 0.496 e. The lowest BCUT2D eigenvalue weighted by atomic mass is 10.0. The zero-order valence-corrected chi connectivity index (χ0v) is 9.81. The molecule has 2 nitrogen and oxygen atoms in total. The molecule has 0 fully saturated rings. The van der Waals surface area contributed by atoms with Crippen LogP contribution < -0.4 is 4.74 Å². The van der Waals surface area contributed by atoms with Crippen molar-refractivity contribution in [3.63, 3.8) is 0 Å². The Labute approximate surface area is 95.0 Å². The minimum atomic E-state index is 0.800. The van der Waals surface area contributed by atoms with E-state index in [0.29, 0.717) is 0 Å². The monoisotopic (exact) mass is 224 g/mol. The Kier molecular flexibility index (Phi) is 3.92. The fraction of sp³-hybridized carbons (Fsp3) is 0.500. The van der Waals surface area contributed by atoms with Gasteiger partial charge in [0, 0.05) is 17.1 Å². The standard InChI is InChI=1S/C12H16O2S/c1-13-12-4-2-3-10-9-15-8-7-14-6-5-11(10)12/h2-4H,5-9H2,1H3. The fourth-order valence-corrected chi connectivity index (χ4v) is 2.67. The number of rotatable bonds is 1. The molecular formula is C12H16O2S. The van der Waals surface area contributed by atoms with Gasteiger partial charge in [0.1, 0.15) is 5.75 Å². The average molecular weight is 224 g/mol. The van der Waals surface area contributed by atoms with Crippen molar-refractivity contribution in [3.8, 4) is 5.75 Å². The molecule has 1 aliphatic rings. The molecule has 1 aromatic carbocycles. The zero-order valence-electron chi connectivity index (χ0n) is 8.99.